The fraction of sp³-hybridized carbons (Fsp3) is 0.562. The van der Waals surface area contributed by atoms with Crippen molar-refractivity contribution >= 4 is 11.6 Å². The van der Waals surface area contributed by atoms with Crippen LogP contribution >= 0.6 is 0 Å². The fourth-order valence-electron chi connectivity index (χ4n) is 3.03. The van der Waals surface area contributed by atoms with Crippen molar-refractivity contribution in [3.8, 4) is 5.75 Å². The van der Waals surface area contributed by atoms with Gasteiger partial charge in [-0.25, -0.2) is 0 Å². The molecule has 114 valence electrons. The van der Waals surface area contributed by atoms with Crippen LogP contribution in [0.5, 0.6) is 5.75 Å². The van der Waals surface area contributed by atoms with Crippen LogP contribution in [0, 0.1) is 0 Å². The molecule has 2 aliphatic heterocycles. The number of nitrogens with zero attached hydrogens (tertiary/aromatic N) is 2. The Balaban J connectivity index is 1.61. The van der Waals surface area contributed by atoms with Crippen LogP contribution in [0.3, 0.4) is 0 Å². The molecule has 1 amide bonds. The number of hydrogen-bond donors (Lipinski definition) is 0. The van der Waals surface area contributed by atoms with Crippen molar-refractivity contribution in [2.75, 3.05) is 44.8 Å². The molecule has 5 nitrogen and oxygen atoms in total. The van der Waals surface area contributed by atoms with E-state index in [0.29, 0.717) is 0 Å². The van der Waals surface area contributed by atoms with E-state index >= 15 is 0 Å². The van der Waals surface area contributed by atoms with Crippen LogP contribution in [0.4, 0.5) is 5.69 Å². The first-order valence-corrected chi connectivity index (χ1v) is 7.58. The van der Waals surface area contributed by atoms with Crippen molar-refractivity contribution in [2.45, 2.75) is 18.9 Å². The number of anilines is 1. The molecule has 21 heavy (non-hydrogen) atoms. The summed E-state index contributed by atoms with van der Waals surface area (Å²) < 4.78 is 10.9. The second-order valence-corrected chi connectivity index (χ2v) is 5.49. The van der Waals surface area contributed by atoms with Crippen molar-refractivity contribution in [3.05, 3.63) is 24.3 Å². The average molecular weight is 290 g/mol. The third-order valence-corrected chi connectivity index (χ3v) is 4.22. The minimum Gasteiger partial charge on any atom is -0.495 e. The van der Waals surface area contributed by atoms with Gasteiger partial charge < -0.3 is 19.3 Å². The maximum Gasteiger partial charge on any atom is 0.251 e. The Hall–Kier alpha value is -1.75. The van der Waals surface area contributed by atoms with Crippen molar-refractivity contribution in [3.63, 3.8) is 0 Å². The Bertz CT molecular complexity index is 492. The maximum absolute atomic E-state index is 12.3. The van der Waals surface area contributed by atoms with Crippen molar-refractivity contribution in [1.82, 2.24) is 4.90 Å². The first-order valence-electron chi connectivity index (χ1n) is 7.58. The van der Waals surface area contributed by atoms with Gasteiger partial charge in [-0.05, 0) is 25.0 Å². The molecule has 0 unspecified atom stereocenters. The van der Waals surface area contributed by atoms with Crippen LogP contribution in [0.1, 0.15) is 12.8 Å². The van der Waals surface area contributed by atoms with E-state index in [4.69, 9.17) is 9.47 Å². The summed E-state index contributed by atoms with van der Waals surface area (Å²) in [6.07, 6.45) is 1.66. The summed E-state index contributed by atoms with van der Waals surface area (Å²) in [5.41, 5.74) is 1.10. The van der Waals surface area contributed by atoms with Crippen LogP contribution < -0.4 is 9.64 Å². The third-order valence-electron chi connectivity index (χ3n) is 4.22. The van der Waals surface area contributed by atoms with Crippen LogP contribution in [0.25, 0.3) is 0 Å². The third kappa shape index (κ3) is 2.97. The summed E-state index contributed by atoms with van der Waals surface area (Å²) in [5.74, 6) is 1.04. The zero-order valence-electron chi connectivity index (χ0n) is 12.5. The predicted octanol–water partition coefficient (Wildman–Crippen LogP) is 1.52. The van der Waals surface area contributed by atoms with Gasteiger partial charge >= 0.3 is 0 Å². The summed E-state index contributed by atoms with van der Waals surface area (Å²) in [6, 6.07) is 8.02. The fourth-order valence-corrected chi connectivity index (χ4v) is 3.03. The number of rotatable bonds is 3. The molecule has 1 aromatic rings. The van der Waals surface area contributed by atoms with Crippen molar-refractivity contribution in [2.24, 2.45) is 0 Å². The normalized spacial score (nSPS) is 22.4. The molecular formula is C16H22N2O3. The lowest BCUT2D eigenvalue weighted by molar-refractivity contribution is -0.141. The van der Waals surface area contributed by atoms with E-state index in [2.05, 4.69) is 11.0 Å². The molecule has 0 radical (unpaired) electrons. The zero-order valence-corrected chi connectivity index (χ0v) is 12.5. The van der Waals surface area contributed by atoms with Gasteiger partial charge in [0.05, 0.1) is 12.8 Å². The topological polar surface area (TPSA) is 42.0 Å². The zero-order chi connectivity index (χ0) is 14.7. The first-order chi connectivity index (χ1) is 10.3. The lowest BCUT2D eigenvalue weighted by Gasteiger charge is -2.37. The number of carbonyl (C=O) groups excluding carboxylic acids is 1. The van der Waals surface area contributed by atoms with E-state index in [1.807, 2.05) is 23.1 Å². The van der Waals surface area contributed by atoms with Gasteiger partial charge in [-0.15, -0.1) is 0 Å². The maximum atomic E-state index is 12.3. The van der Waals surface area contributed by atoms with Crippen molar-refractivity contribution < 1.29 is 14.3 Å². The number of carbonyl (C=O) groups is 1. The smallest absolute Gasteiger partial charge is 0.251 e. The lowest BCUT2D eigenvalue weighted by atomic mass is 10.2. The monoisotopic (exact) mass is 290 g/mol. The van der Waals surface area contributed by atoms with Gasteiger partial charge in [-0.1, -0.05) is 12.1 Å². The second-order valence-electron chi connectivity index (χ2n) is 5.49. The van der Waals surface area contributed by atoms with Gasteiger partial charge in [0.1, 0.15) is 11.9 Å². The molecule has 1 aromatic carbocycles. The molecule has 0 aromatic heterocycles. The van der Waals surface area contributed by atoms with Gasteiger partial charge in [0.25, 0.3) is 5.91 Å². The van der Waals surface area contributed by atoms with Gasteiger partial charge in [0.2, 0.25) is 0 Å². The number of hydrogen-bond acceptors (Lipinski definition) is 4. The van der Waals surface area contributed by atoms with E-state index in [1.165, 1.54) is 0 Å². The molecule has 2 heterocycles. The number of para-hydroxylation sites is 2. The Morgan fingerprint density at radius 1 is 1.24 bits per heavy atom. The van der Waals surface area contributed by atoms with Gasteiger partial charge in [0.15, 0.2) is 0 Å². The van der Waals surface area contributed by atoms with E-state index < -0.39 is 0 Å². The summed E-state index contributed by atoms with van der Waals surface area (Å²) in [7, 11) is 1.69. The predicted molar refractivity (Wildman–Crippen MR) is 80.8 cm³/mol. The number of amides is 1. The molecule has 2 aliphatic rings. The molecule has 0 aliphatic carbocycles. The summed E-state index contributed by atoms with van der Waals surface area (Å²) in [6.45, 7) is 3.88. The molecule has 1 atom stereocenters. The molecular weight excluding hydrogens is 268 g/mol. The minimum absolute atomic E-state index is 0.159. The van der Waals surface area contributed by atoms with Gasteiger partial charge in [-0.3, -0.25) is 4.79 Å². The molecule has 5 heteroatoms. The second kappa shape index (κ2) is 6.35. The Labute approximate surface area is 125 Å². The van der Waals surface area contributed by atoms with Crippen LogP contribution in [0.15, 0.2) is 24.3 Å². The summed E-state index contributed by atoms with van der Waals surface area (Å²) >= 11 is 0. The highest BCUT2D eigenvalue weighted by atomic mass is 16.5. The van der Waals surface area contributed by atoms with E-state index in [0.717, 1.165) is 57.1 Å². The lowest BCUT2D eigenvalue weighted by Crippen LogP contribution is -2.51. The van der Waals surface area contributed by atoms with E-state index in [1.54, 1.807) is 7.11 Å². The standard InChI is InChI=1S/C16H22N2O3/c1-20-14-6-3-2-5-13(14)17-8-10-18(11-9-17)16(19)15-7-4-12-21-15/h2-3,5-6,15H,4,7-12H2,1H3/t15-/m0/s1. The number of methoxy groups -OCH3 is 1. The highest BCUT2D eigenvalue weighted by Gasteiger charge is 2.30. The summed E-state index contributed by atoms with van der Waals surface area (Å²) in [4.78, 5) is 16.5. The van der Waals surface area contributed by atoms with Gasteiger partial charge in [-0.2, -0.15) is 0 Å². The first kappa shape index (κ1) is 14.2. The van der Waals surface area contributed by atoms with E-state index in [-0.39, 0.29) is 12.0 Å². The minimum atomic E-state index is -0.206. The van der Waals surface area contributed by atoms with Crippen molar-refractivity contribution in [1.29, 1.82) is 0 Å². The molecule has 0 spiro atoms. The summed E-state index contributed by atoms with van der Waals surface area (Å²) in [5, 5.41) is 0. The molecule has 3 rings (SSSR count). The highest BCUT2D eigenvalue weighted by molar-refractivity contribution is 5.81. The number of benzene rings is 1. The van der Waals surface area contributed by atoms with E-state index in [9.17, 15) is 4.79 Å². The molecule has 0 bridgehead atoms. The molecule has 0 N–H and O–H groups in total. The van der Waals surface area contributed by atoms with Crippen LogP contribution in [0.2, 0.25) is 0 Å². The van der Waals surface area contributed by atoms with Gasteiger partial charge in [0, 0.05) is 32.8 Å². The SMILES string of the molecule is COc1ccccc1N1CCN(C(=O)[C@@H]2CCCO2)CC1. The molecule has 0 saturated carbocycles. The quantitative estimate of drug-likeness (QED) is 0.846. The number of ether oxygens (including phenoxy) is 2. The Morgan fingerprint density at radius 3 is 2.67 bits per heavy atom. The largest absolute Gasteiger partial charge is 0.495 e. The Kier molecular flexibility index (Phi) is 4.29. The van der Waals surface area contributed by atoms with Crippen LogP contribution in [-0.4, -0.2) is 56.8 Å². The molecule has 2 saturated heterocycles. The average Bonchev–Trinajstić information content (AvgIpc) is 3.09. The highest BCUT2D eigenvalue weighted by Crippen LogP contribution is 2.28. The van der Waals surface area contributed by atoms with Crippen LogP contribution in [-0.2, 0) is 9.53 Å². The molecule has 2 fully saturated rings. The Morgan fingerprint density at radius 2 is 2.00 bits per heavy atom. The number of piperazine rings is 1.